The molecule has 1 atom stereocenters. The monoisotopic (exact) mass is 258 g/mol. The van der Waals surface area contributed by atoms with Crippen LogP contribution in [-0.2, 0) is 21.3 Å². The fraction of sp³-hybridized carbons (Fsp3) is 0.647. The molecule has 2 aliphatic carbocycles. The molecule has 0 amide bonds. The maximum Gasteiger partial charge on any atom is 0.168 e. The number of fused-ring (bicyclic) bond motifs is 2. The van der Waals surface area contributed by atoms with Crippen molar-refractivity contribution in [2.45, 2.75) is 50.2 Å². The molecule has 1 aromatic carbocycles. The van der Waals surface area contributed by atoms with E-state index >= 15 is 0 Å². The molecule has 2 nitrogen and oxygen atoms in total. The fourth-order valence-corrected chi connectivity index (χ4v) is 4.60. The minimum Gasteiger partial charge on any atom is -0.348 e. The SMILES string of the molecule is CC1Cc2ccccc2C12CCC1(CC2)OCCO1. The number of hydrogen-bond acceptors (Lipinski definition) is 2. The lowest BCUT2D eigenvalue weighted by Crippen LogP contribution is -2.43. The van der Waals surface area contributed by atoms with E-state index in [1.807, 2.05) is 0 Å². The van der Waals surface area contributed by atoms with Gasteiger partial charge in [0.05, 0.1) is 13.2 Å². The molecule has 1 saturated carbocycles. The van der Waals surface area contributed by atoms with Gasteiger partial charge in [0.25, 0.3) is 0 Å². The largest absolute Gasteiger partial charge is 0.348 e. The van der Waals surface area contributed by atoms with Gasteiger partial charge in [-0.05, 0) is 41.7 Å². The van der Waals surface area contributed by atoms with Crippen LogP contribution in [-0.4, -0.2) is 19.0 Å². The van der Waals surface area contributed by atoms with Crippen molar-refractivity contribution in [3.63, 3.8) is 0 Å². The van der Waals surface area contributed by atoms with E-state index in [4.69, 9.17) is 9.47 Å². The number of hydrogen-bond donors (Lipinski definition) is 0. The van der Waals surface area contributed by atoms with Crippen molar-refractivity contribution in [3.05, 3.63) is 35.4 Å². The Morgan fingerprint density at radius 2 is 1.68 bits per heavy atom. The van der Waals surface area contributed by atoms with Crippen LogP contribution in [0, 0.1) is 5.92 Å². The molecule has 1 aromatic rings. The molecule has 4 rings (SSSR count). The third kappa shape index (κ3) is 1.63. The normalized spacial score (nSPS) is 30.9. The maximum atomic E-state index is 5.89. The Labute approximate surface area is 115 Å². The molecular weight excluding hydrogens is 236 g/mol. The van der Waals surface area contributed by atoms with Crippen LogP contribution in [0.3, 0.4) is 0 Å². The second kappa shape index (κ2) is 4.07. The summed E-state index contributed by atoms with van der Waals surface area (Å²) in [6.07, 6.45) is 5.79. The maximum absolute atomic E-state index is 5.89. The molecule has 1 unspecified atom stereocenters. The summed E-state index contributed by atoms with van der Waals surface area (Å²) in [5.74, 6) is 0.520. The highest BCUT2D eigenvalue weighted by molar-refractivity contribution is 5.41. The van der Waals surface area contributed by atoms with Gasteiger partial charge in [0.2, 0.25) is 0 Å². The third-order valence-electron chi connectivity index (χ3n) is 5.74. The zero-order valence-corrected chi connectivity index (χ0v) is 11.7. The Morgan fingerprint density at radius 3 is 2.42 bits per heavy atom. The van der Waals surface area contributed by atoms with Crippen molar-refractivity contribution < 1.29 is 9.47 Å². The van der Waals surface area contributed by atoms with Crippen LogP contribution in [0.4, 0.5) is 0 Å². The van der Waals surface area contributed by atoms with Crippen LogP contribution in [0.5, 0.6) is 0 Å². The first-order chi connectivity index (χ1) is 9.24. The number of ether oxygens (including phenoxy) is 2. The number of rotatable bonds is 0. The van der Waals surface area contributed by atoms with Gasteiger partial charge in [0.1, 0.15) is 0 Å². The van der Waals surface area contributed by atoms with Crippen LogP contribution < -0.4 is 0 Å². The summed E-state index contributed by atoms with van der Waals surface area (Å²) in [6, 6.07) is 9.05. The number of benzene rings is 1. The first-order valence-electron chi connectivity index (χ1n) is 7.60. The van der Waals surface area contributed by atoms with Crippen LogP contribution in [0.15, 0.2) is 24.3 Å². The van der Waals surface area contributed by atoms with E-state index in [1.165, 1.54) is 19.3 Å². The molecule has 102 valence electrons. The summed E-state index contributed by atoms with van der Waals surface area (Å²) in [4.78, 5) is 0. The summed E-state index contributed by atoms with van der Waals surface area (Å²) >= 11 is 0. The smallest absolute Gasteiger partial charge is 0.168 e. The third-order valence-corrected chi connectivity index (χ3v) is 5.74. The standard InChI is InChI=1S/C17H22O2/c1-13-12-14-4-2-3-5-15(14)16(13)6-8-17(9-7-16)18-10-11-19-17/h2-5,13H,6-12H2,1H3. The van der Waals surface area contributed by atoms with Gasteiger partial charge in [-0.3, -0.25) is 0 Å². The highest BCUT2D eigenvalue weighted by Gasteiger charge is 2.51. The lowest BCUT2D eigenvalue weighted by Gasteiger charge is -2.44. The van der Waals surface area contributed by atoms with E-state index in [0.717, 1.165) is 32.0 Å². The molecule has 2 fully saturated rings. The minimum absolute atomic E-state index is 0.234. The Bertz CT molecular complexity index is 478. The van der Waals surface area contributed by atoms with Gasteiger partial charge < -0.3 is 9.47 Å². The van der Waals surface area contributed by atoms with Gasteiger partial charge in [0.15, 0.2) is 5.79 Å². The highest BCUT2D eigenvalue weighted by atomic mass is 16.7. The lowest BCUT2D eigenvalue weighted by atomic mass is 9.64. The molecule has 3 aliphatic rings. The molecule has 2 spiro atoms. The van der Waals surface area contributed by atoms with Crippen molar-refractivity contribution >= 4 is 0 Å². The van der Waals surface area contributed by atoms with E-state index in [0.29, 0.717) is 5.41 Å². The van der Waals surface area contributed by atoms with Gasteiger partial charge in [0, 0.05) is 12.8 Å². The molecule has 19 heavy (non-hydrogen) atoms. The van der Waals surface area contributed by atoms with Gasteiger partial charge >= 0.3 is 0 Å². The summed E-state index contributed by atoms with van der Waals surface area (Å²) in [7, 11) is 0. The van der Waals surface area contributed by atoms with Crippen molar-refractivity contribution in [1.82, 2.24) is 0 Å². The predicted octanol–water partition coefficient (Wildman–Crippen LogP) is 3.43. The Morgan fingerprint density at radius 1 is 1.00 bits per heavy atom. The van der Waals surface area contributed by atoms with E-state index in [9.17, 15) is 0 Å². The molecule has 0 bridgehead atoms. The van der Waals surface area contributed by atoms with Crippen LogP contribution in [0.25, 0.3) is 0 Å². The zero-order chi connectivity index (χ0) is 12.9. The van der Waals surface area contributed by atoms with E-state index < -0.39 is 0 Å². The minimum atomic E-state index is -0.234. The van der Waals surface area contributed by atoms with Gasteiger partial charge in [-0.2, -0.15) is 0 Å². The molecular formula is C17H22O2. The second-order valence-corrected chi connectivity index (χ2v) is 6.53. The molecule has 0 N–H and O–H groups in total. The summed E-state index contributed by atoms with van der Waals surface area (Å²) in [6.45, 7) is 3.98. The topological polar surface area (TPSA) is 18.5 Å². The van der Waals surface area contributed by atoms with Gasteiger partial charge in [-0.1, -0.05) is 31.2 Å². The van der Waals surface area contributed by atoms with Crippen molar-refractivity contribution in [2.24, 2.45) is 5.92 Å². The van der Waals surface area contributed by atoms with Crippen molar-refractivity contribution in [1.29, 1.82) is 0 Å². The first-order valence-corrected chi connectivity index (χ1v) is 7.60. The molecule has 1 aliphatic heterocycles. The average Bonchev–Trinajstić information content (AvgIpc) is 2.99. The van der Waals surface area contributed by atoms with Crippen molar-refractivity contribution in [3.8, 4) is 0 Å². The molecule has 2 heteroatoms. The van der Waals surface area contributed by atoms with Gasteiger partial charge in [-0.15, -0.1) is 0 Å². The summed E-state index contributed by atoms with van der Waals surface area (Å²) < 4.78 is 11.8. The molecule has 1 heterocycles. The molecule has 1 saturated heterocycles. The van der Waals surface area contributed by atoms with Gasteiger partial charge in [-0.25, -0.2) is 0 Å². The summed E-state index contributed by atoms with van der Waals surface area (Å²) in [5.41, 5.74) is 3.56. The average molecular weight is 258 g/mol. The fourth-order valence-electron chi connectivity index (χ4n) is 4.60. The van der Waals surface area contributed by atoms with E-state index in [1.54, 1.807) is 11.1 Å². The van der Waals surface area contributed by atoms with Crippen molar-refractivity contribution in [2.75, 3.05) is 13.2 Å². The second-order valence-electron chi connectivity index (χ2n) is 6.53. The zero-order valence-electron chi connectivity index (χ0n) is 11.7. The van der Waals surface area contributed by atoms with E-state index in [-0.39, 0.29) is 5.79 Å². The molecule has 0 radical (unpaired) electrons. The highest BCUT2D eigenvalue weighted by Crippen LogP contribution is 2.54. The van der Waals surface area contributed by atoms with Crippen LogP contribution in [0.1, 0.15) is 43.7 Å². The van der Waals surface area contributed by atoms with Crippen LogP contribution >= 0.6 is 0 Å². The first kappa shape index (κ1) is 11.9. The van der Waals surface area contributed by atoms with Crippen LogP contribution in [0.2, 0.25) is 0 Å². The Balaban J connectivity index is 1.65. The van der Waals surface area contributed by atoms with E-state index in [2.05, 4.69) is 31.2 Å². The molecule has 0 aromatic heterocycles. The quantitative estimate of drug-likeness (QED) is 0.710. The predicted molar refractivity (Wildman–Crippen MR) is 74.1 cm³/mol. The Kier molecular flexibility index (Phi) is 2.55. The lowest BCUT2D eigenvalue weighted by molar-refractivity contribution is -0.187. The summed E-state index contributed by atoms with van der Waals surface area (Å²) in [5, 5.41) is 0. The Hall–Kier alpha value is -0.860.